The predicted molar refractivity (Wildman–Crippen MR) is 83.2 cm³/mol. The lowest BCUT2D eigenvalue weighted by molar-refractivity contribution is -0.120. The van der Waals surface area contributed by atoms with Gasteiger partial charge in [-0.15, -0.1) is 0 Å². The van der Waals surface area contributed by atoms with E-state index in [1.54, 1.807) is 6.07 Å². The SMILES string of the molecule is N#CCC(=O)NN=Cc1cccc(OCc2ccccc2)c1. The molecule has 0 saturated heterocycles. The number of hydrogen-bond donors (Lipinski definition) is 1. The molecular weight excluding hydrogens is 278 g/mol. The van der Waals surface area contributed by atoms with Crippen LogP contribution in [0.1, 0.15) is 17.5 Å². The van der Waals surface area contributed by atoms with Crippen LogP contribution in [0, 0.1) is 11.3 Å². The number of hydrogen-bond acceptors (Lipinski definition) is 4. The van der Waals surface area contributed by atoms with Crippen LogP contribution in [0.3, 0.4) is 0 Å². The van der Waals surface area contributed by atoms with Gasteiger partial charge in [-0.1, -0.05) is 42.5 Å². The molecule has 0 heterocycles. The standard InChI is InChI=1S/C17H15N3O2/c18-10-9-17(21)20-19-12-15-7-4-8-16(11-15)22-13-14-5-2-1-3-6-14/h1-8,11-12H,9,13H2,(H,20,21). The number of nitrogens with zero attached hydrogens (tertiary/aromatic N) is 2. The fourth-order valence-electron chi connectivity index (χ4n) is 1.72. The third-order valence-electron chi connectivity index (χ3n) is 2.75. The van der Waals surface area contributed by atoms with Crippen molar-refractivity contribution in [3.05, 3.63) is 65.7 Å². The summed E-state index contributed by atoms with van der Waals surface area (Å²) < 4.78 is 5.71. The highest BCUT2D eigenvalue weighted by atomic mass is 16.5. The van der Waals surface area contributed by atoms with E-state index in [1.807, 2.05) is 54.6 Å². The van der Waals surface area contributed by atoms with Crippen molar-refractivity contribution < 1.29 is 9.53 Å². The Kier molecular flexibility index (Phi) is 5.70. The van der Waals surface area contributed by atoms with Crippen molar-refractivity contribution in [1.82, 2.24) is 5.43 Å². The monoisotopic (exact) mass is 293 g/mol. The van der Waals surface area contributed by atoms with Crippen LogP contribution in [-0.4, -0.2) is 12.1 Å². The molecule has 5 nitrogen and oxygen atoms in total. The van der Waals surface area contributed by atoms with Gasteiger partial charge in [-0.2, -0.15) is 10.4 Å². The van der Waals surface area contributed by atoms with E-state index in [0.29, 0.717) is 6.61 Å². The van der Waals surface area contributed by atoms with Gasteiger partial charge in [-0.3, -0.25) is 4.79 Å². The molecule has 0 unspecified atom stereocenters. The zero-order valence-corrected chi connectivity index (χ0v) is 11.9. The van der Waals surface area contributed by atoms with E-state index in [2.05, 4.69) is 10.5 Å². The predicted octanol–water partition coefficient (Wildman–Crippen LogP) is 2.63. The maximum Gasteiger partial charge on any atom is 0.254 e. The highest BCUT2D eigenvalue weighted by Gasteiger charge is 1.98. The molecule has 0 saturated carbocycles. The summed E-state index contributed by atoms with van der Waals surface area (Å²) >= 11 is 0. The number of nitriles is 1. The fraction of sp³-hybridized carbons (Fsp3) is 0.118. The molecule has 1 amide bonds. The van der Waals surface area contributed by atoms with Crippen LogP contribution >= 0.6 is 0 Å². The van der Waals surface area contributed by atoms with E-state index in [1.165, 1.54) is 6.21 Å². The zero-order chi connectivity index (χ0) is 15.6. The second kappa shape index (κ2) is 8.22. The smallest absolute Gasteiger partial charge is 0.254 e. The molecule has 0 spiro atoms. The van der Waals surface area contributed by atoms with E-state index < -0.39 is 5.91 Å². The van der Waals surface area contributed by atoms with Gasteiger partial charge >= 0.3 is 0 Å². The van der Waals surface area contributed by atoms with Gasteiger partial charge in [-0.25, -0.2) is 5.43 Å². The quantitative estimate of drug-likeness (QED) is 0.657. The van der Waals surface area contributed by atoms with Crippen LogP contribution in [0.15, 0.2) is 59.7 Å². The summed E-state index contributed by atoms with van der Waals surface area (Å²) in [6, 6.07) is 19.0. The normalized spacial score (nSPS) is 10.1. The Bertz CT molecular complexity index is 691. The Balaban J connectivity index is 1.91. The van der Waals surface area contributed by atoms with Crippen molar-refractivity contribution >= 4 is 12.1 Å². The first kappa shape index (κ1) is 15.3. The highest BCUT2D eigenvalue weighted by molar-refractivity contribution is 5.83. The third kappa shape index (κ3) is 5.10. The molecule has 0 fully saturated rings. The number of hydrazone groups is 1. The van der Waals surface area contributed by atoms with Gasteiger partial charge in [0.2, 0.25) is 0 Å². The maximum atomic E-state index is 11.1. The lowest BCUT2D eigenvalue weighted by atomic mass is 10.2. The number of amides is 1. The van der Waals surface area contributed by atoms with Crippen molar-refractivity contribution in [2.45, 2.75) is 13.0 Å². The molecule has 0 aliphatic rings. The fourth-order valence-corrected chi connectivity index (χ4v) is 1.72. The molecule has 2 rings (SSSR count). The number of carbonyl (C=O) groups is 1. The van der Waals surface area contributed by atoms with E-state index in [4.69, 9.17) is 10.00 Å². The Morgan fingerprint density at radius 3 is 2.82 bits per heavy atom. The van der Waals surface area contributed by atoms with Crippen LogP contribution < -0.4 is 10.2 Å². The molecule has 0 aromatic heterocycles. The average molecular weight is 293 g/mol. The molecule has 110 valence electrons. The molecule has 0 bridgehead atoms. The summed E-state index contributed by atoms with van der Waals surface area (Å²) in [5.74, 6) is 0.284. The number of carbonyl (C=O) groups excluding carboxylic acids is 1. The second-order valence-corrected chi connectivity index (χ2v) is 4.47. The van der Waals surface area contributed by atoms with Crippen molar-refractivity contribution in [1.29, 1.82) is 5.26 Å². The summed E-state index contributed by atoms with van der Waals surface area (Å²) in [4.78, 5) is 11.1. The Morgan fingerprint density at radius 1 is 1.23 bits per heavy atom. The van der Waals surface area contributed by atoms with Crippen LogP contribution in [0.5, 0.6) is 5.75 Å². The van der Waals surface area contributed by atoms with Crippen LogP contribution in [0.25, 0.3) is 0 Å². The zero-order valence-electron chi connectivity index (χ0n) is 11.9. The highest BCUT2D eigenvalue weighted by Crippen LogP contribution is 2.14. The van der Waals surface area contributed by atoms with Crippen LogP contribution in [0.2, 0.25) is 0 Å². The Hall–Kier alpha value is -3.13. The minimum Gasteiger partial charge on any atom is -0.489 e. The maximum absolute atomic E-state index is 11.1. The molecule has 0 aliphatic heterocycles. The largest absolute Gasteiger partial charge is 0.489 e. The number of ether oxygens (including phenoxy) is 1. The lowest BCUT2D eigenvalue weighted by Crippen LogP contribution is -2.16. The van der Waals surface area contributed by atoms with Gasteiger partial charge in [-0.05, 0) is 23.3 Å². The molecule has 5 heteroatoms. The van der Waals surface area contributed by atoms with Gasteiger partial charge in [0.15, 0.2) is 0 Å². The number of benzene rings is 2. The Labute approximate surface area is 128 Å². The molecule has 2 aromatic carbocycles. The van der Waals surface area contributed by atoms with E-state index >= 15 is 0 Å². The summed E-state index contributed by atoms with van der Waals surface area (Å²) in [5.41, 5.74) is 4.16. The van der Waals surface area contributed by atoms with E-state index in [9.17, 15) is 4.79 Å². The molecule has 22 heavy (non-hydrogen) atoms. The van der Waals surface area contributed by atoms with Crippen molar-refractivity contribution in [3.8, 4) is 11.8 Å². The van der Waals surface area contributed by atoms with Gasteiger partial charge in [0.25, 0.3) is 5.91 Å². The summed E-state index contributed by atoms with van der Waals surface area (Å²) in [6.07, 6.45) is 1.29. The molecule has 2 aromatic rings. The van der Waals surface area contributed by atoms with Crippen molar-refractivity contribution in [2.24, 2.45) is 5.10 Å². The van der Waals surface area contributed by atoms with Crippen molar-refractivity contribution in [2.75, 3.05) is 0 Å². The lowest BCUT2D eigenvalue weighted by Gasteiger charge is -2.06. The van der Waals surface area contributed by atoms with Crippen molar-refractivity contribution in [3.63, 3.8) is 0 Å². The Morgan fingerprint density at radius 2 is 2.05 bits per heavy atom. The average Bonchev–Trinajstić information content (AvgIpc) is 2.55. The topological polar surface area (TPSA) is 74.5 Å². The number of nitrogens with one attached hydrogen (secondary N) is 1. The first-order valence-corrected chi connectivity index (χ1v) is 6.73. The third-order valence-corrected chi connectivity index (χ3v) is 2.75. The summed E-state index contributed by atoms with van der Waals surface area (Å²) in [6.45, 7) is 0.486. The summed E-state index contributed by atoms with van der Waals surface area (Å²) in [7, 11) is 0. The number of rotatable bonds is 6. The van der Waals surface area contributed by atoms with Gasteiger partial charge in [0, 0.05) is 0 Å². The van der Waals surface area contributed by atoms with Gasteiger partial charge < -0.3 is 4.74 Å². The van der Waals surface area contributed by atoms with Crippen LogP contribution in [-0.2, 0) is 11.4 Å². The van der Waals surface area contributed by atoms with E-state index in [-0.39, 0.29) is 6.42 Å². The van der Waals surface area contributed by atoms with Crippen LogP contribution in [0.4, 0.5) is 0 Å². The van der Waals surface area contributed by atoms with E-state index in [0.717, 1.165) is 16.9 Å². The summed E-state index contributed by atoms with van der Waals surface area (Å²) in [5, 5.41) is 12.2. The molecule has 0 radical (unpaired) electrons. The molecule has 0 atom stereocenters. The van der Waals surface area contributed by atoms with Gasteiger partial charge in [0.1, 0.15) is 18.8 Å². The minimum absolute atomic E-state index is 0.211. The van der Waals surface area contributed by atoms with Gasteiger partial charge in [0.05, 0.1) is 12.3 Å². The first-order chi connectivity index (χ1) is 10.8. The molecular formula is C17H15N3O2. The minimum atomic E-state index is -0.435. The first-order valence-electron chi connectivity index (χ1n) is 6.73. The molecule has 0 aliphatic carbocycles. The second-order valence-electron chi connectivity index (χ2n) is 4.47. The molecule has 1 N–H and O–H groups in total.